The van der Waals surface area contributed by atoms with Gasteiger partial charge in [0, 0.05) is 13.1 Å². The van der Waals surface area contributed by atoms with Gasteiger partial charge in [-0.05, 0) is 18.3 Å². The van der Waals surface area contributed by atoms with Gasteiger partial charge in [0.1, 0.15) is 10.9 Å². The SMILES string of the molecule is CCC[C@H]1CN(c2ncc(C#N)s2)C[C@H]1C. The molecule has 0 spiro atoms. The number of nitriles is 1. The van der Waals surface area contributed by atoms with E-state index in [4.69, 9.17) is 5.26 Å². The second-order valence-electron chi connectivity index (χ2n) is 4.55. The molecular weight excluding hydrogens is 218 g/mol. The molecule has 0 radical (unpaired) electrons. The molecule has 0 aromatic carbocycles. The number of hydrogen-bond donors (Lipinski definition) is 0. The Morgan fingerprint density at radius 3 is 3.06 bits per heavy atom. The number of nitrogens with zero attached hydrogens (tertiary/aromatic N) is 3. The number of thiazole rings is 1. The van der Waals surface area contributed by atoms with Crippen LogP contribution in [0, 0.1) is 23.2 Å². The van der Waals surface area contributed by atoms with Crippen molar-refractivity contribution in [2.24, 2.45) is 11.8 Å². The molecule has 1 aliphatic rings. The Labute approximate surface area is 101 Å². The van der Waals surface area contributed by atoms with Crippen LogP contribution < -0.4 is 4.90 Å². The molecular formula is C12H17N3S. The molecule has 0 amide bonds. The molecule has 2 rings (SSSR count). The maximum Gasteiger partial charge on any atom is 0.186 e. The van der Waals surface area contributed by atoms with Crippen LogP contribution in [0.1, 0.15) is 31.6 Å². The first-order valence-electron chi connectivity index (χ1n) is 5.85. The predicted molar refractivity (Wildman–Crippen MR) is 66.6 cm³/mol. The lowest BCUT2D eigenvalue weighted by atomic mass is 9.94. The summed E-state index contributed by atoms with van der Waals surface area (Å²) in [7, 11) is 0. The molecule has 0 saturated carbocycles. The maximum absolute atomic E-state index is 8.78. The van der Waals surface area contributed by atoms with Crippen molar-refractivity contribution >= 4 is 16.5 Å². The van der Waals surface area contributed by atoms with Crippen LogP contribution in [0.4, 0.5) is 5.13 Å². The molecule has 0 aliphatic carbocycles. The summed E-state index contributed by atoms with van der Waals surface area (Å²) < 4.78 is 0. The third-order valence-electron chi connectivity index (χ3n) is 3.30. The average Bonchev–Trinajstić information content (AvgIpc) is 2.86. The Bertz CT molecular complexity index is 393. The van der Waals surface area contributed by atoms with E-state index in [-0.39, 0.29) is 0 Å². The molecule has 2 atom stereocenters. The minimum absolute atomic E-state index is 0.710. The van der Waals surface area contributed by atoms with Crippen molar-refractivity contribution < 1.29 is 0 Å². The van der Waals surface area contributed by atoms with Gasteiger partial charge in [-0.25, -0.2) is 4.98 Å². The van der Waals surface area contributed by atoms with E-state index in [2.05, 4.69) is 29.8 Å². The summed E-state index contributed by atoms with van der Waals surface area (Å²) in [6.07, 6.45) is 4.23. The minimum Gasteiger partial charge on any atom is -0.347 e. The summed E-state index contributed by atoms with van der Waals surface area (Å²) in [4.78, 5) is 7.36. The smallest absolute Gasteiger partial charge is 0.186 e. The summed E-state index contributed by atoms with van der Waals surface area (Å²) >= 11 is 1.51. The number of anilines is 1. The van der Waals surface area contributed by atoms with E-state index >= 15 is 0 Å². The van der Waals surface area contributed by atoms with Gasteiger partial charge in [-0.1, -0.05) is 31.6 Å². The van der Waals surface area contributed by atoms with Crippen molar-refractivity contribution in [3.05, 3.63) is 11.1 Å². The third kappa shape index (κ3) is 2.19. The van der Waals surface area contributed by atoms with Crippen LogP contribution in [-0.4, -0.2) is 18.1 Å². The Hall–Kier alpha value is -1.08. The largest absolute Gasteiger partial charge is 0.347 e. The summed E-state index contributed by atoms with van der Waals surface area (Å²) in [6.45, 7) is 6.75. The molecule has 86 valence electrons. The highest BCUT2D eigenvalue weighted by molar-refractivity contribution is 7.16. The van der Waals surface area contributed by atoms with E-state index in [1.165, 1.54) is 24.2 Å². The van der Waals surface area contributed by atoms with Crippen molar-refractivity contribution in [3.8, 4) is 6.07 Å². The molecule has 0 N–H and O–H groups in total. The molecule has 1 saturated heterocycles. The molecule has 2 heterocycles. The van der Waals surface area contributed by atoms with Crippen molar-refractivity contribution in [1.82, 2.24) is 4.98 Å². The van der Waals surface area contributed by atoms with Gasteiger partial charge in [0.25, 0.3) is 0 Å². The van der Waals surface area contributed by atoms with Gasteiger partial charge in [-0.3, -0.25) is 0 Å². The van der Waals surface area contributed by atoms with Crippen LogP contribution in [0.2, 0.25) is 0 Å². The fourth-order valence-electron chi connectivity index (χ4n) is 2.40. The fourth-order valence-corrected chi connectivity index (χ4v) is 3.13. The fraction of sp³-hybridized carbons (Fsp3) is 0.667. The predicted octanol–water partition coefficient (Wildman–Crippen LogP) is 2.89. The van der Waals surface area contributed by atoms with Crippen molar-refractivity contribution in [1.29, 1.82) is 5.26 Å². The van der Waals surface area contributed by atoms with Crippen LogP contribution >= 0.6 is 11.3 Å². The van der Waals surface area contributed by atoms with Crippen LogP contribution in [-0.2, 0) is 0 Å². The van der Waals surface area contributed by atoms with E-state index in [0.717, 1.165) is 30.1 Å². The van der Waals surface area contributed by atoms with Crippen molar-refractivity contribution in [2.45, 2.75) is 26.7 Å². The zero-order chi connectivity index (χ0) is 11.5. The number of rotatable bonds is 3. The average molecular weight is 235 g/mol. The second-order valence-corrected chi connectivity index (χ2v) is 5.56. The first-order valence-corrected chi connectivity index (χ1v) is 6.67. The monoisotopic (exact) mass is 235 g/mol. The van der Waals surface area contributed by atoms with Crippen LogP contribution in [0.15, 0.2) is 6.20 Å². The molecule has 0 unspecified atom stereocenters. The highest BCUT2D eigenvalue weighted by Gasteiger charge is 2.30. The Morgan fingerprint density at radius 1 is 1.62 bits per heavy atom. The first kappa shape index (κ1) is 11.4. The van der Waals surface area contributed by atoms with Crippen molar-refractivity contribution in [2.75, 3.05) is 18.0 Å². The molecule has 1 aliphatic heterocycles. The summed E-state index contributed by atoms with van der Waals surface area (Å²) in [5.41, 5.74) is 0. The third-order valence-corrected chi connectivity index (χ3v) is 4.26. The van der Waals surface area contributed by atoms with Crippen LogP contribution in [0.25, 0.3) is 0 Å². The Kier molecular flexibility index (Phi) is 3.45. The minimum atomic E-state index is 0.710. The summed E-state index contributed by atoms with van der Waals surface area (Å²) in [6, 6.07) is 2.15. The molecule has 1 aromatic heterocycles. The molecule has 1 fully saturated rings. The van der Waals surface area contributed by atoms with Crippen molar-refractivity contribution in [3.63, 3.8) is 0 Å². The van der Waals surface area contributed by atoms with Gasteiger partial charge in [-0.15, -0.1) is 0 Å². The highest BCUT2D eigenvalue weighted by Crippen LogP contribution is 2.32. The molecule has 3 nitrogen and oxygen atoms in total. The van der Waals surface area contributed by atoms with Gasteiger partial charge in [0.15, 0.2) is 5.13 Å². The van der Waals surface area contributed by atoms with Crippen LogP contribution in [0.3, 0.4) is 0 Å². The summed E-state index contributed by atoms with van der Waals surface area (Å²) in [5.74, 6) is 1.54. The quantitative estimate of drug-likeness (QED) is 0.808. The molecule has 4 heteroatoms. The van der Waals surface area contributed by atoms with E-state index < -0.39 is 0 Å². The second kappa shape index (κ2) is 4.84. The van der Waals surface area contributed by atoms with E-state index in [1.54, 1.807) is 6.20 Å². The van der Waals surface area contributed by atoms with Gasteiger partial charge in [0.2, 0.25) is 0 Å². The lowest BCUT2D eigenvalue weighted by Gasteiger charge is -2.14. The zero-order valence-corrected chi connectivity index (χ0v) is 10.6. The Balaban J connectivity index is 2.05. The van der Waals surface area contributed by atoms with E-state index in [1.807, 2.05) is 0 Å². The van der Waals surface area contributed by atoms with Gasteiger partial charge in [0.05, 0.1) is 6.20 Å². The summed E-state index contributed by atoms with van der Waals surface area (Å²) in [5, 5.41) is 9.80. The standard InChI is InChI=1S/C12H17N3S/c1-3-4-10-8-15(7-9(10)2)12-14-6-11(5-13)16-12/h6,9-10H,3-4,7-8H2,1-2H3/t9-,10+/m1/s1. The topological polar surface area (TPSA) is 39.9 Å². The zero-order valence-electron chi connectivity index (χ0n) is 9.81. The molecule has 0 bridgehead atoms. The number of aromatic nitrogens is 1. The van der Waals surface area contributed by atoms with Gasteiger partial charge >= 0.3 is 0 Å². The Morgan fingerprint density at radius 2 is 2.44 bits per heavy atom. The van der Waals surface area contributed by atoms with Gasteiger partial charge in [-0.2, -0.15) is 5.26 Å². The number of hydrogen-bond acceptors (Lipinski definition) is 4. The van der Waals surface area contributed by atoms with Gasteiger partial charge < -0.3 is 4.90 Å². The normalized spacial score (nSPS) is 24.7. The van der Waals surface area contributed by atoms with E-state index in [9.17, 15) is 0 Å². The molecule has 1 aromatic rings. The highest BCUT2D eigenvalue weighted by atomic mass is 32.1. The first-order chi connectivity index (χ1) is 7.74. The maximum atomic E-state index is 8.78. The lowest BCUT2D eigenvalue weighted by Crippen LogP contribution is -2.19. The van der Waals surface area contributed by atoms with E-state index in [0.29, 0.717) is 4.88 Å². The molecule has 16 heavy (non-hydrogen) atoms. The lowest BCUT2D eigenvalue weighted by molar-refractivity contribution is 0.418. The van der Waals surface area contributed by atoms with Crippen LogP contribution in [0.5, 0.6) is 0 Å².